The lowest BCUT2D eigenvalue weighted by atomic mass is 9.91. The molecule has 1 aromatic carbocycles. The van der Waals surface area contributed by atoms with Crippen LogP contribution in [-0.4, -0.2) is 13.1 Å². The fraction of sp³-hybridized carbons (Fsp3) is 0.462. The number of ether oxygens (including phenoxy) is 2. The highest BCUT2D eigenvalue weighted by Gasteiger charge is 2.24. The first-order valence-electron chi connectivity index (χ1n) is 5.73. The fourth-order valence-electron chi connectivity index (χ4n) is 2.13. The van der Waals surface area contributed by atoms with Gasteiger partial charge in [0.25, 0.3) is 0 Å². The number of rotatable bonds is 4. The van der Waals surface area contributed by atoms with Crippen LogP contribution >= 0.6 is 11.6 Å². The number of carbonyl (C=O) groups is 1. The SMILES string of the molecule is CCc1c(C(C)CC=O)cc2c(c1Cl)OCO2. The van der Waals surface area contributed by atoms with Gasteiger partial charge in [-0.2, -0.15) is 0 Å². The van der Waals surface area contributed by atoms with Crippen LogP contribution in [0.5, 0.6) is 11.5 Å². The van der Waals surface area contributed by atoms with Gasteiger partial charge in [0.1, 0.15) is 6.29 Å². The first-order chi connectivity index (χ1) is 8.19. The molecule has 17 heavy (non-hydrogen) atoms. The summed E-state index contributed by atoms with van der Waals surface area (Å²) in [6.45, 7) is 4.27. The molecule has 0 saturated heterocycles. The monoisotopic (exact) mass is 254 g/mol. The Kier molecular flexibility index (Phi) is 3.57. The quantitative estimate of drug-likeness (QED) is 0.774. The summed E-state index contributed by atoms with van der Waals surface area (Å²) in [6.07, 6.45) is 2.24. The Morgan fingerprint density at radius 2 is 2.29 bits per heavy atom. The molecular weight excluding hydrogens is 240 g/mol. The van der Waals surface area contributed by atoms with Crippen molar-refractivity contribution in [3.8, 4) is 11.5 Å². The van der Waals surface area contributed by atoms with Gasteiger partial charge in [0.15, 0.2) is 11.5 Å². The van der Waals surface area contributed by atoms with Crippen molar-refractivity contribution < 1.29 is 14.3 Å². The molecule has 92 valence electrons. The lowest BCUT2D eigenvalue weighted by Crippen LogP contribution is -2.01. The molecule has 1 aliphatic heterocycles. The van der Waals surface area contributed by atoms with Crippen LogP contribution in [0.3, 0.4) is 0 Å². The summed E-state index contributed by atoms with van der Waals surface area (Å²) in [4.78, 5) is 10.6. The third-order valence-electron chi connectivity index (χ3n) is 3.08. The number of carbonyl (C=O) groups excluding carboxylic acids is 1. The minimum absolute atomic E-state index is 0.148. The minimum Gasteiger partial charge on any atom is -0.454 e. The highest BCUT2D eigenvalue weighted by Crippen LogP contribution is 2.44. The number of fused-ring (bicyclic) bond motifs is 1. The molecule has 0 spiro atoms. The summed E-state index contributed by atoms with van der Waals surface area (Å²) in [7, 11) is 0. The molecular formula is C13H15ClO3. The Bertz CT molecular complexity index is 443. The van der Waals surface area contributed by atoms with Crippen LogP contribution in [0.1, 0.15) is 37.3 Å². The Balaban J connectivity index is 2.51. The first-order valence-corrected chi connectivity index (χ1v) is 6.11. The second-order valence-corrected chi connectivity index (χ2v) is 4.53. The molecule has 0 aromatic heterocycles. The van der Waals surface area contributed by atoms with E-state index in [1.165, 1.54) is 0 Å². The third-order valence-corrected chi connectivity index (χ3v) is 3.47. The highest BCUT2D eigenvalue weighted by molar-refractivity contribution is 6.33. The summed E-state index contributed by atoms with van der Waals surface area (Å²) < 4.78 is 10.7. The summed E-state index contributed by atoms with van der Waals surface area (Å²) in [5.41, 5.74) is 2.12. The van der Waals surface area contributed by atoms with Crippen LogP contribution in [0, 0.1) is 0 Å². The molecule has 1 heterocycles. The molecule has 0 N–H and O–H groups in total. The van der Waals surface area contributed by atoms with E-state index in [4.69, 9.17) is 21.1 Å². The van der Waals surface area contributed by atoms with Crippen LogP contribution in [0.4, 0.5) is 0 Å². The summed E-state index contributed by atoms with van der Waals surface area (Å²) in [5, 5.41) is 0.621. The van der Waals surface area contributed by atoms with E-state index >= 15 is 0 Å². The largest absolute Gasteiger partial charge is 0.454 e. The molecule has 0 saturated carbocycles. The maximum atomic E-state index is 10.6. The zero-order chi connectivity index (χ0) is 12.4. The number of aldehydes is 1. The molecule has 1 unspecified atom stereocenters. The average molecular weight is 255 g/mol. The molecule has 1 aliphatic rings. The Labute approximate surface area is 106 Å². The molecule has 1 aromatic rings. The van der Waals surface area contributed by atoms with Gasteiger partial charge >= 0.3 is 0 Å². The predicted molar refractivity (Wildman–Crippen MR) is 66.0 cm³/mol. The fourth-order valence-corrected chi connectivity index (χ4v) is 2.52. The second-order valence-electron chi connectivity index (χ2n) is 4.15. The van der Waals surface area contributed by atoms with Crippen LogP contribution in [0.25, 0.3) is 0 Å². The smallest absolute Gasteiger partial charge is 0.231 e. The maximum Gasteiger partial charge on any atom is 0.231 e. The average Bonchev–Trinajstić information content (AvgIpc) is 2.77. The summed E-state index contributed by atoms with van der Waals surface area (Å²) in [6, 6.07) is 1.95. The predicted octanol–water partition coefficient (Wildman–Crippen LogP) is 3.32. The molecule has 0 fully saturated rings. The Morgan fingerprint density at radius 1 is 1.53 bits per heavy atom. The van der Waals surface area contributed by atoms with Crippen molar-refractivity contribution in [1.29, 1.82) is 0 Å². The van der Waals surface area contributed by atoms with Gasteiger partial charge in [0.2, 0.25) is 6.79 Å². The zero-order valence-electron chi connectivity index (χ0n) is 9.96. The van der Waals surface area contributed by atoms with Crippen molar-refractivity contribution in [3.05, 3.63) is 22.2 Å². The highest BCUT2D eigenvalue weighted by atomic mass is 35.5. The van der Waals surface area contributed by atoms with Gasteiger partial charge in [0, 0.05) is 6.42 Å². The summed E-state index contributed by atoms with van der Waals surface area (Å²) >= 11 is 6.31. The van der Waals surface area contributed by atoms with Crippen molar-refractivity contribution in [3.63, 3.8) is 0 Å². The molecule has 0 amide bonds. The van der Waals surface area contributed by atoms with Gasteiger partial charge in [-0.15, -0.1) is 0 Å². The molecule has 4 heteroatoms. The number of halogens is 1. The number of hydrogen-bond acceptors (Lipinski definition) is 3. The van der Waals surface area contributed by atoms with Crippen molar-refractivity contribution in [2.24, 2.45) is 0 Å². The zero-order valence-corrected chi connectivity index (χ0v) is 10.7. The molecule has 1 atom stereocenters. The first kappa shape index (κ1) is 12.2. The van der Waals surface area contributed by atoms with Crippen molar-refractivity contribution in [2.45, 2.75) is 32.6 Å². The Morgan fingerprint density at radius 3 is 2.94 bits per heavy atom. The topological polar surface area (TPSA) is 35.5 Å². The van der Waals surface area contributed by atoms with E-state index in [9.17, 15) is 4.79 Å². The van der Waals surface area contributed by atoms with E-state index in [-0.39, 0.29) is 12.7 Å². The van der Waals surface area contributed by atoms with E-state index in [1.54, 1.807) is 0 Å². The minimum atomic E-state index is 0.148. The normalized spacial score (nSPS) is 14.8. The summed E-state index contributed by atoms with van der Waals surface area (Å²) in [5.74, 6) is 1.46. The second kappa shape index (κ2) is 4.96. The van der Waals surface area contributed by atoms with Crippen molar-refractivity contribution >= 4 is 17.9 Å². The number of benzene rings is 1. The number of hydrogen-bond donors (Lipinski definition) is 0. The lowest BCUT2D eigenvalue weighted by molar-refractivity contribution is -0.108. The van der Waals surface area contributed by atoms with E-state index in [1.807, 2.05) is 19.9 Å². The van der Waals surface area contributed by atoms with Gasteiger partial charge < -0.3 is 14.3 Å². The van der Waals surface area contributed by atoms with E-state index in [2.05, 4.69) is 0 Å². The lowest BCUT2D eigenvalue weighted by Gasteiger charge is -2.16. The standard InChI is InChI=1S/C13H15ClO3/c1-3-9-10(8(2)4-5-15)6-11-13(12(9)14)17-7-16-11/h5-6,8H,3-4,7H2,1-2H3. The Hall–Kier alpha value is -1.22. The molecule has 2 rings (SSSR count). The molecule has 0 bridgehead atoms. The van der Waals surface area contributed by atoms with E-state index < -0.39 is 0 Å². The molecule has 0 aliphatic carbocycles. The van der Waals surface area contributed by atoms with Crippen LogP contribution in [0.2, 0.25) is 5.02 Å². The molecule has 0 radical (unpaired) electrons. The van der Waals surface area contributed by atoms with Crippen molar-refractivity contribution in [2.75, 3.05) is 6.79 Å². The van der Waals surface area contributed by atoms with Crippen LogP contribution in [-0.2, 0) is 11.2 Å². The molecule has 3 nitrogen and oxygen atoms in total. The van der Waals surface area contributed by atoms with Crippen molar-refractivity contribution in [1.82, 2.24) is 0 Å². The van der Waals surface area contributed by atoms with Gasteiger partial charge in [-0.05, 0) is 29.5 Å². The van der Waals surface area contributed by atoms with Gasteiger partial charge in [-0.25, -0.2) is 0 Å². The van der Waals surface area contributed by atoms with Gasteiger partial charge in [-0.3, -0.25) is 0 Å². The third kappa shape index (κ3) is 2.12. The van der Waals surface area contributed by atoms with E-state index in [0.717, 1.165) is 23.8 Å². The van der Waals surface area contributed by atoms with Crippen LogP contribution in [0.15, 0.2) is 6.07 Å². The van der Waals surface area contributed by atoms with Gasteiger partial charge in [-0.1, -0.05) is 25.4 Å². The van der Waals surface area contributed by atoms with E-state index in [0.29, 0.717) is 22.9 Å². The maximum absolute atomic E-state index is 10.6. The van der Waals surface area contributed by atoms with Crippen LogP contribution < -0.4 is 9.47 Å². The van der Waals surface area contributed by atoms with Gasteiger partial charge in [0.05, 0.1) is 5.02 Å².